The highest BCUT2D eigenvalue weighted by Crippen LogP contribution is 2.14. The molecule has 0 saturated carbocycles. The summed E-state index contributed by atoms with van der Waals surface area (Å²) >= 11 is 11.2. The summed E-state index contributed by atoms with van der Waals surface area (Å²) in [4.78, 5) is 12.4. The Morgan fingerprint density at radius 2 is 2.00 bits per heavy atom. The molecule has 25 heavy (non-hydrogen) atoms. The number of anilines is 2. The fourth-order valence-corrected chi connectivity index (χ4v) is 2.71. The van der Waals surface area contributed by atoms with E-state index in [1.807, 2.05) is 31.2 Å². The molecule has 0 aliphatic heterocycles. The Kier molecular flexibility index (Phi) is 4.87. The van der Waals surface area contributed by atoms with Gasteiger partial charge in [-0.2, -0.15) is 4.68 Å². The van der Waals surface area contributed by atoms with Crippen molar-refractivity contribution < 1.29 is 4.79 Å². The predicted molar refractivity (Wildman–Crippen MR) is 101 cm³/mol. The number of nitrogen functional groups attached to an aromatic ring is 1. The average Bonchev–Trinajstić information content (AvgIpc) is 2.83. The van der Waals surface area contributed by atoms with Crippen molar-refractivity contribution in [3.8, 4) is 0 Å². The molecule has 8 heteroatoms. The Balaban J connectivity index is 1.83. The number of ketones is 1. The lowest BCUT2D eigenvalue weighted by molar-refractivity contribution is 0.0967. The number of aryl methyl sites for hydroxylation is 1. The molecular formula is C17H16ClN5OS. The summed E-state index contributed by atoms with van der Waals surface area (Å²) in [6, 6.07) is 14.4. The van der Waals surface area contributed by atoms with Crippen LogP contribution in [-0.2, 0) is 6.54 Å². The number of aromatic nitrogens is 3. The van der Waals surface area contributed by atoms with E-state index in [0.29, 0.717) is 15.4 Å². The molecule has 0 spiro atoms. The van der Waals surface area contributed by atoms with Crippen LogP contribution in [0.3, 0.4) is 0 Å². The normalized spacial score (nSPS) is 10.6. The molecule has 0 aliphatic rings. The fraction of sp³-hybridized carbons (Fsp3) is 0.118. The summed E-state index contributed by atoms with van der Waals surface area (Å²) in [5.41, 5.74) is 11.5. The molecule has 0 saturated heterocycles. The molecule has 0 aliphatic carbocycles. The van der Waals surface area contributed by atoms with Crippen LogP contribution in [0.1, 0.15) is 15.9 Å². The number of carbonyl (C=O) groups excluding carboxylic acids is 1. The van der Waals surface area contributed by atoms with E-state index >= 15 is 0 Å². The van der Waals surface area contributed by atoms with E-state index in [4.69, 9.17) is 29.6 Å². The van der Waals surface area contributed by atoms with Crippen molar-refractivity contribution >= 4 is 41.2 Å². The third-order valence-corrected chi connectivity index (χ3v) is 4.23. The molecule has 2 aromatic carbocycles. The topological polar surface area (TPSA) is 77.9 Å². The van der Waals surface area contributed by atoms with Gasteiger partial charge in [0.2, 0.25) is 10.7 Å². The number of nitrogens with zero attached hydrogens (tertiary/aromatic N) is 3. The van der Waals surface area contributed by atoms with E-state index in [2.05, 4.69) is 10.5 Å². The SMILES string of the molecule is Cc1cccc(Nn2c(N)nn(CC(=O)c3ccc(Cl)cc3)c2=S)c1. The minimum atomic E-state index is -0.132. The number of hydrogen-bond donors (Lipinski definition) is 2. The summed E-state index contributed by atoms with van der Waals surface area (Å²) < 4.78 is 3.17. The van der Waals surface area contributed by atoms with Crippen molar-refractivity contribution in [3.05, 3.63) is 69.5 Å². The van der Waals surface area contributed by atoms with Crippen LogP contribution in [0, 0.1) is 11.7 Å². The molecule has 1 heterocycles. The first-order chi connectivity index (χ1) is 11.9. The van der Waals surface area contributed by atoms with Gasteiger partial charge in [0.25, 0.3) is 0 Å². The first kappa shape index (κ1) is 17.2. The van der Waals surface area contributed by atoms with Crippen LogP contribution in [-0.4, -0.2) is 20.2 Å². The lowest BCUT2D eigenvalue weighted by Crippen LogP contribution is -2.14. The number of halogens is 1. The Bertz CT molecular complexity index is 977. The molecule has 1 aromatic heterocycles. The minimum Gasteiger partial charge on any atom is -0.366 e. The van der Waals surface area contributed by atoms with Crippen LogP contribution in [0.4, 0.5) is 11.6 Å². The molecule has 0 unspecified atom stereocenters. The molecule has 3 rings (SSSR count). The van der Waals surface area contributed by atoms with Gasteiger partial charge >= 0.3 is 0 Å². The lowest BCUT2D eigenvalue weighted by atomic mass is 10.1. The first-order valence-corrected chi connectivity index (χ1v) is 8.30. The molecule has 128 valence electrons. The van der Waals surface area contributed by atoms with Crippen LogP contribution in [0.5, 0.6) is 0 Å². The number of benzene rings is 2. The van der Waals surface area contributed by atoms with E-state index < -0.39 is 0 Å². The smallest absolute Gasteiger partial charge is 0.240 e. The zero-order chi connectivity index (χ0) is 18.0. The number of Topliss-reactive ketones (excluding diaryl/α,β-unsaturated/α-hetero) is 1. The number of rotatable bonds is 5. The standard InChI is InChI=1S/C17H16ClN5OS/c1-11-3-2-4-14(9-11)20-23-16(19)21-22(17(23)25)10-15(24)12-5-7-13(18)8-6-12/h2-9,20H,10H2,1H3,(H2,19,21). The van der Waals surface area contributed by atoms with Crippen LogP contribution in [0.15, 0.2) is 48.5 Å². The molecule has 0 atom stereocenters. The molecule has 6 nitrogen and oxygen atoms in total. The van der Waals surface area contributed by atoms with Crippen molar-refractivity contribution in [1.29, 1.82) is 0 Å². The van der Waals surface area contributed by atoms with Crippen molar-refractivity contribution in [1.82, 2.24) is 14.5 Å². The summed E-state index contributed by atoms with van der Waals surface area (Å²) in [6.07, 6.45) is 0. The minimum absolute atomic E-state index is 0.00678. The molecule has 3 N–H and O–H groups in total. The van der Waals surface area contributed by atoms with Gasteiger partial charge in [-0.1, -0.05) is 23.7 Å². The predicted octanol–water partition coefficient (Wildman–Crippen LogP) is 3.72. The van der Waals surface area contributed by atoms with Crippen LogP contribution < -0.4 is 11.2 Å². The van der Waals surface area contributed by atoms with Gasteiger partial charge in [0.15, 0.2) is 5.78 Å². The summed E-state index contributed by atoms with van der Waals surface area (Å²) in [5.74, 6) is 0.0448. The van der Waals surface area contributed by atoms with Crippen LogP contribution in [0.2, 0.25) is 5.02 Å². The van der Waals surface area contributed by atoms with Gasteiger partial charge in [0.05, 0.1) is 5.69 Å². The number of carbonyl (C=O) groups is 1. The number of hydrogen-bond acceptors (Lipinski definition) is 5. The van der Waals surface area contributed by atoms with Gasteiger partial charge < -0.3 is 5.73 Å². The monoisotopic (exact) mass is 373 g/mol. The van der Waals surface area contributed by atoms with E-state index in [1.165, 1.54) is 9.36 Å². The Morgan fingerprint density at radius 3 is 2.68 bits per heavy atom. The van der Waals surface area contributed by atoms with Crippen molar-refractivity contribution in [2.75, 3.05) is 11.2 Å². The molecule has 3 aromatic rings. The average molecular weight is 374 g/mol. The van der Waals surface area contributed by atoms with E-state index in [-0.39, 0.29) is 18.3 Å². The molecular weight excluding hydrogens is 358 g/mol. The first-order valence-electron chi connectivity index (χ1n) is 7.52. The van der Waals surface area contributed by atoms with Crippen LogP contribution >= 0.6 is 23.8 Å². The van der Waals surface area contributed by atoms with Crippen molar-refractivity contribution in [2.45, 2.75) is 13.5 Å². The van der Waals surface area contributed by atoms with Gasteiger partial charge in [0.1, 0.15) is 6.54 Å². The number of nitrogens with two attached hydrogens (primary N) is 1. The second kappa shape index (κ2) is 7.08. The third-order valence-electron chi connectivity index (χ3n) is 3.58. The zero-order valence-corrected chi connectivity index (χ0v) is 15.0. The van der Waals surface area contributed by atoms with Crippen molar-refractivity contribution in [2.24, 2.45) is 0 Å². The second-order valence-electron chi connectivity index (χ2n) is 5.55. The second-order valence-corrected chi connectivity index (χ2v) is 6.35. The molecule has 0 fully saturated rings. The highest BCUT2D eigenvalue weighted by atomic mass is 35.5. The van der Waals surface area contributed by atoms with E-state index in [9.17, 15) is 4.79 Å². The summed E-state index contributed by atoms with van der Waals surface area (Å²) in [5, 5.41) is 4.73. The maximum Gasteiger partial charge on any atom is 0.240 e. The highest BCUT2D eigenvalue weighted by Gasteiger charge is 2.13. The Labute approximate surface area is 154 Å². The molecule has 0 amide bonds. The largest absolute Gasteiger partial charge is 0.366 e. The van der Waals surface area contributed by atoms with Gasteiger partial charge in [-0.05, 0) is 61.1 Å². The Hall–Kier alpha value is -2.64. The van der Waals surface area contributed by atoms with Gasteiger partial charge in [-0.25, -0.2) is 4.68 Å². The number of nitrogens with one attached hydrogen (secondary N) is 1. The van der Waals surface area contributed by atoms with E-state index in [1.54, 1.807) is 24.3 Å². The van der Waals surface area contributed by atoms with Crippen molar-refractivity contribution in [3.63, 3.8) is 0 Å². The zero-order valence-electron chi connectivity index (χ0n) is 13.4. The van der Waals surface area contributed by atoms with Gasteiger partial charge in [-0.3, -0.25) is 10.2 Å². The molecule has 0 radical (unpaired) electrons. The third kappa shape index (κ3) is 3.89. The van der Waals surface area contributed by atoms with Crippen LogP contribution in [0.25, 0.3) is 0 Å². The Morgan fingerprint density at radius 1 is 1.28 bits per heavy atom. The maximum atomic E-state index is 12.4. The highest BCUT2D eigenvalue weighted by molar-refractivity contribution is 7.71. The quantitative estimate of drug-likeness (QED) is 0.526. The maximum absolute atomic E-state index is 12.4. The van der Waals surface area contributed by atoms with Gasteiger partial charge in [0, 0.05) is 10.6 Å². The summed E-state index contributed by atoms with van der Waals surface area (Å²) in [6.45, 7) is 1.98. The lowest BCUT2D eigenvalue weighted by Gasteiger charge is -2.08. The molecule has 0 bridgehead atoms. The van der Waals surface area contributed by atoms with Gasteiger partial charge in [-0.15, -0.1) is 5.10 Å². The summed E-state index contributed by atoms with van der Waals surface area (Å²) in [7, 11) is 0. The van der Waals surface area contributed by atoms with E-state index in [0.717, 1.165) is 11.3 Å². The fourth-order valence-electron chi connectivity index (χ4n) is 2.34.